The molecule has 7 heavy (non-hydrogen) atoms. The maximum absolute atomic E-state index is 9.52. The molecule has 1 aromatic rings. The monoisotopic (exact) mass is 97.0 g/mol. The van der Waals surface area contributed by atoms with E-state index in [2.05, 4.69) is 9.59 Å². The summed E-state index contributed by atoms with van der Waals surface area (Å²) in [6, 6.07) is 3.10. The zero-order valence-electron chi connectivity index (χ0n) is 3.50. The Balaban J connectivity index is 2.96. The predicted octanol–water partition coefficient (Wildman–Crippen LogP) is 1.68. The normalized spacial score (nSPS) is 8.57. The number of nitroso groups, excluding NO2 is 1. The topological polar surface area (TPSA) is 42.6 Å². The Morgan fingerprint density at radius 1 is 1.71 bits per heavy atom. The van der Waals surface area contributed by atoms with Crippen molar-refractivity contribution in [3.05, 3.63) is 23.3 Å². The highest BCUT2D eigenvalue weighted by Crippen LogP contribution is 2.08. The standard InChI is InChI=1S/C4H3NO2/c6-5-4-2-1-3-7-4/h1-3H. The molecular weight excluding hydrogens is 94.0 g/mol. The van der Waals surface area contributed by atoms with E-state index in [0.29, 0.717) is 0 Å². The number of furan rings is 1. The highest BCUT2D eigenvalue weighted by Gasteiger charge is 1.86. The predicted molar refractivity (Wildman–Crippen MR) is 24.2 cm³/mol. The Labute approximate surface area is 39.9 Å². The minimum atomic E-state index is 0.125. The molecular formula is C4H3NO2. The van der Waals surface area contributed by atoms with Gasteiger partial charge in [0, 0.05) is 11.2 Å². The second kappa shape index (κ2) is 1.55. The van der Waals surface area contributed by atoms with E-state index in [0.717, 1.165) is 0 Å². The molecule has 0 spiro atoms. The average molecular weight is 97.1 g/mol. The molecule has 0 bridgehead atoms. The molecule has 0 radical (unpaired) electrons. The van der Waals surface area contributed by atoms with E-state index < -0.39 is 0 Å². The lowest BCUT2D eigenvalue weighted by molar-refractivity contribution is 0.577. The SMILES string of the molecule is O=Nc1ccco1. The molecule has 1 aromatic heterocycles. The van der Waals surface area contributed by atoms with Gasteiger partial charge >= 0.3 is 0 Å². The van der Waals surface area contributed by atoms with Gasteiger partial charge in [0.15, 0.2) is 0 Å². The third-order valence-corrected chi connectivity index (χ3v) is 0.596. The molecule has 0 aromatic carbocycles. The molecule has 0 saturated carbocycles. The van der Waals surface area contributed by atoms with Crippen LogP contribution in [0, 0.1) is 4.91 Å². The number of nitrogens with zero attached hydrogens (tertiary/aromatic N) is 1. The fraction of sp³-hybridized carbons (Fsp3) is 0. The molecule has 3 heteroatoms. The van der Waals surface area contributed by atoms with Crippen LogP contribution in [0.15, 0.2) is 28.0 Å². The summed E-state index contributed by atoms with van der Waals surface area (Å²) in [7, 11) is 0. The van der Waals surface area contributed by atoms with Crippen LogP contribution in [0.1, 0.15) is 0 Å². The van der Waals surface area contributed by atoms with Crippen LogP contribution in [-0.4, -0.2) is 0 Å². The third-order valence-electron chi connectivity index (χ3n) is 0.596. The summed E-state index contributed by atoms with van der Waals surface area (Å²) in [5.74, 6) is 0.125. The Morgan fingerprint density at radius 2 is 2.57 bits per heavy atom. The van der Waals surface area contributed by atoms with E-state index in [1.807, 2.05) is 0 Å². The van der Waals surface area contributed by atoms with Gasteiger partial charge in [0.2, 0.25) is 0 Å². The fourth-order valence-corrected chi connectivity index (χ4v) is 0.322. The lowest BCUT2D eigenvalue weighted by Gasteiger charge is -1.67. The van der Waals surface area contributed by atoms with Crippen LogP contribution in [0.3, 0.4) is 0 Å². The van der Waals surface area contributed by atoms with Crippen LogP contribution in [0.5, 0.6) is 0 Å². The first-order chi connectivity index (χ1) is 3.43. The Hall–Kier alpha value is -1.12. The van der Waals surface area contributed by atoms with E-state index >= 15 is 0 Å². The molecule has 0 aliphatic rings. The minimum Gasteiger partial charge on any atom is -0.444 e. The molecule has 36 valence electrons. The van der Waals surface area contributed by atoms with Crippen LogP contribution >= 0.6 is 0 Å². The Bertz CT molecular complexity index is 145. The maximum Gasteiger partial charge on any atom is 0.260 e. The molecule has 0 saturated heterocycles. The van der Waals surface area contributed by atoms with Crippen LogP contribution in [0.25, 0.3) is 0 Å². The van der Waals surface area contributed by atoms with Gasteiger partial charge in [-0.1, -0.05) is 0 Å². The summed E-state index contributed by atoms with van der Waals surface area (Å²) in [4.78, 5) is 9.52. The molecule has 0 N–H and O–H groups in total. The van der Waals surface area contributed by atoms with Gasteiger partial charge in [-0.05, 0) is 6.07 Å². The van der Waals surface area contributed by atoms with Gasteiger partial charge in [-0.15, -0.1) is 4.91 Å². The molecule has 3 nitrogen and oxygen atoms in total. The Kier molecular flexibility index (Phi) is 0.898. The summed E-state index contributed by atoms with van der Waals surface area (Å²) >= 11 is 0. The van der Waals surface area contributed by atoms with E-state index in [1.54, 1.807) is 6.07 Å². The van der Waals surface area contributed by atoms with Crippen molar-refractivity contribution in [3.8, 4) is 0 Å². The van der Waals surface area contributed by atoms with Crippen LogP contribution in [0.4, 0.5) is 5.88 Å². The molecule has 0 fully saturated rings. The maximum atomic E-state index is 9.52. The summed E-state index contributed by atoms with van der Waals surface area (Å²) in [6.07, 6.45) is 1.40. The van der Waals surface area contributed by atoms with E-state index in [1.165, 1.54) is 12.3 Å². The largest absolute Gasteiger partial charge is 0.444 e. The summed E-state index contributed by atoms with van der Waals surface area (Å²) in [5.41, 5.74) is 0. The minimum absolute atomic E-state index is 0.125. The third kappa shape index (κ3) is 0.652. The number of rotatable bonds is 1. The van der Waals surface area contributed by atoms with Gasteiger partial charge < -0.3 is 4.42 Å². The molecule has 0 unspecified atom stereocenters. The first kappa shape index (κ1) is 4.05. The van der Waals surface area contributed by atoms with Crippen molar-refractivity contribution in [2.45, 2.75) is 0 Å². The van der Waals surface area contributed by atoms with Crippen molar-refractivity contribution in [2.24, 2.45) is 5.18 Å². The van der Waals surface area contributed by atoms with E-state index in [-0.39, 0.29) is 5.88 Å². The van der Waals surface area contributed by atoms with Crippen LogP contribution < -0.4 is 0 Å². The van der Waals surface area contributed by atoms with Gasteiger partial charge in [-0.2, -0.15) is 0 Å². The van der Waals surface area contributed by atoms with Gasteiger partial charge in [0.25, 0.3) is 5.88 Å². The molecule has 1 heterocycles. The lowest BCUT2D eigenvalue weighted by Crippen LogP contribution is -1.40. The molecule has 0 amide bonds. The summed E-state index contributed by atoms with van der Waals surface area (Å²) in [5, 5.41) is 2.51. The molecule has 1 rings (SSSR count). The van der Waals surface area contributed by atoms with Crippen LogP contribution in [0.2, 0.25) is 0 Å². The lowest BCUT2D eigenvalue weighted by atomic mass is 10.6. The first-order valence-corrected chi connectivity index (χ1v) is 1.80. The smallest absolute Gasteiger partial charge is 0.260 e. The molecule has 0 aliphatic carbocycles. The van der Waals surface area contributed by atoms with E-state index in [4.69, 9.17) is 0 Å². The second-order valence-electron chi connectivity index (χ2n) is 1.04. The fourth-order valence-electron chi connectivity index (χ4n) is 0.322. The van der Waals surface area contributed by atoms with Crippen molar-refractivity contribution in [2.75, 3.05) is 0 Å². The van der Waals surface area contributed by atoms with Gasteiger partial charge in [0.1, 0.15) is 0 Å². The second-order valence-corrected chi connectivity index (χ2v) is 1.04. The summed E-state index contributed by atoms with van der Waals surface area (Å²) in [6.45, 7) is 0. The van der Waals surface area contributed by atoms with Crippen LogP contribution in [-0.2, 0) is 0 Å². The van der Waals surface area contributed by atoms with Crippen molar-refractivity contribution < 1.29 is 4.42 Å². The van der Waals surface area contributed by atoms with Gasteiger partial charge in [-0.3, -0.25) is 0 Å². The van der Waals surface area contributed by atoms with E-state index in [9.17, 15) is 4.91 Å². The van der Waals surface area contributed by atoms with Crippen molar-refractivity contribution in [3.63, 3.8) is 0 Å². The van der Waals surface area contributed by atoms with Crippen molar-refractivity contribution >= 4 is 5.88 Å². The van der Waals surface area contributed by atoms with Crippen molar-refractivity contribution in [1.29, 1.82) is 0 Å². The molecule has 0 aliphatic heterocycles. The first-order valence-electron chi connectivity index (χ1n) is 1.80. The summed E-state index contributed by atoms with van der Waals surface area (Å²) < 4.78 is 4.50. The quantitative estimate of drug-likeness (QED) is 0.500. The van der Waals surface area contributed by atoms with Gasteiger partial charge in [-0.25, -0.2) is 0 Å². The van der Waals surface area contributed by atoms with Crippen molar-refractivity contribution in [1.82, 2.24) is 0 Å². The number of hydrogen-bond acceptors (Lipinski definition) is 3. The molecule has 0 atom stereocenters. The van der Waals surface area contributed by atoms with Gasteiger partial charge in [0.05, 0.1) is 6.26 Å². The average Bonchev–Trinajstić information content (AvgIpc) is 2.14. The Morgan fingerprint density at radius 3 is 2.86 bits per heavy atom. The number of hydrogen-bond donors (Lipinski definition) is 0. The highest BCUT2D eigenvalue weighted by molar-refractivity contribution is 5.19. The zero-order chi connectivity index (χ0) is 5.11. The zero-order valence-corrected chi connectivity index (χ0v) is 3.50. The highest BCUT2D eigenvalue weighted by atomic mass is 16.4.